The van der Waals surface area contributed by atoms with Crippen LogP contribution in [0.2, 0.25) is 0 Å². The van der Waals surface area contributed by atoms with Crippen molar-refractivity contribution in [2.24, 2.45) is 0 Å². The second-order valence-corrected chi connectivity index (χ2v) is 18.9. The molecule has 0 heterocycles. The molecule has 0 rings (SSSR count). The van der Waals surface area contributed by atoms with E-state index in [1.807, 2.05) is 21.1 Å². The molecule has 8 nitrogen and oxygen atoms in total. The van der Waals surface area contributed by atoms with E-state index >= 15 is 0 Å². The molecule has 0 aromatic rings. The van der Waals surface area contributed by atoms with Gasteiger partial charge in [0.25, 0.3) is 7.82 Å². The zero-order valence-electron chi connectivity index (χ0n) is 39.2. The smallest absolute Gasteiger partial charge is 0.306 e. The van der Waals surface area contributed by atoms with Crippen molar-refractivity contribution < 1.29 is 37.3 Å². The highest BCUT2D eigenvalue weighted by atomic mass is 31.2. The number of nitrogens with zero attached hydrogens (tertiary/aromatic N) is 1. The maximum atomic E-state index is 12.7. The highest BCUT2D eigenvalue weighted by Crippen LogP contribution is 2.38. The Morgan fingerprint density at radius 1 is 0.525 bits per heavy atom. The Morgan fingerprint density at radius 3 is 1.41 bits per heavy atom. The van der Waals surface area contributed by atoms with E-state index in [9.17, 15) is 14.3 Å². The summed E-state index contributed by atoms with van der Waals surface area (Å²) in [5.41, 5.74) is 0. The van der Waals surface area contributed by atoms with Crippen LogP contribution in [0.15, 0.2) is 48.6 Å². The van der Waals surface area contributed by atoms with Crippen molar-refractivity contribution in [3.8, 4) is 0 Å². The first-order valence-corrected chi connectivity index (χ1v) is 25.8. The highest BCUT2D eigenvalue weighted by molar-refractivity contribution is 7.45. The average molecular weight is 852 g/mol. The molecule has 0 aliphatic rings. The Kier molecular flexibility index (Phi) is 42.0. The molecule has 0 fully saturated rings. The summed E-state index contributed by atoms with van der Waals surface area (Å²) in [6, 6.07) is 0. The molecular weight excluding hydrogens is 758 g/mol. The minimum atomic E-state index is -4.53. The van der Waals surface area contributed by atoms with Crippen LogP contribution in [0.25, 0.3) is 0 Å². The van der Waals surface area contributed by atoms with E-state index in [2.05, 4.69) is 62.5 Å². The number of allylic oxidation sites excluding steroid dienone is 8. The molecule has 59 heavy (non-hydrogen) atoms. The van der Waals surface area contributed by atoms with E-state index in [1.54, 1.807) is 0 Å². The Hall–Kier alpha value is -1.54. The molecule has 0 radical (unpaired) electrons. The van der Waals surface area contributed by atoms with E-state index in [0.29, 0.717) is 24.1 Å². The third-order valence-corrected chi connectivity index (χ3v) is 11.3. The maximum absolute atomic E-state index is 12.7. The van der Waals surface area contributed by atoms with Crippen molar-refractivity contribution in [2.45, 2.75) is 213 Å². The van der Waals surface area contributed by atoms with Gasteiger partial charge >= 0.3 is 5.97 Å². The molecule has 0 spiro atoms. The second-order valence-electron chi connectivity index (χ2n) is 17.5. The number of rotatable bonds is 45. The summed E-state index contributed by atoms with van der Waals surface area (Å²) in [5.74, 6) is -0.349. The summed E-state index contributed by atoms with van der Waals surface area (Å²) in [6.45, 7) is 5.36. The number of esters is 1. The molecule has 2 unspecified atom stereocenters. The summed E-state index contributed by atoms with van der Waals surface area (Å²) < 4.78 is 34.7. The van der Waals surface area contributed by atoms with Gasteiger partial charge in [0.15, 0.2) is 0 Å². The van der Waals surface area contributed by atoms with Crippen molar-refractivity contribution in [3.63, 3.8) is 0 Å². The molecule has 0 bridgehead atoms. The van der Waals surface area contributed by atoms with Gasteiger partial charge in [-0.25, -0.2) is 0 Å². The van der Waals surface area contributed by atoms with Gasteiger partial charge in [-0.05, 0) is 77.0 Å². The molecule has 0 aliphatic carbocycles. The second kappa shape index (κ2) is 43.1. The number of carbonyl (C=O) groups excluding carboxylic acids is 1. The number of phosphoric ester groups is 1. The molecule has 0 saturated carbocycles. The van der Waals surface area contributed by atoms with Crippen molar-refractivity contribution in [1.82, 2.24) is 0 Å². The first kappa shape index (κ1) is 57.5. The molecule has 2 atom stereocenters. The van der Waals surface area contributed by atoms with E-state index in [-0.39, 0.29) is 25.8 Å². The fourth-order valence-electron chi connectivity index (χ4n) is 6.55. The molecule has 0 amide bonds. The first-order chi connectivity index (χ1) is 28.6. The third-order valence-electron chi connectivity index (χ3n) is 10.4. The van der Waals surface area contributed by atoms with Gasteiger partial charge in [-0.15, -0.1) is 0 Å². The normalized spacial score (nSPS) is 14.1. The molecule has 9 heteroatoms. The van der Waals surface area contributed by atoms with Crippen molar-refractivity contribution in [2.75, 3.05) is 54.1 Å². The number of hydrogen-bond donors (Lipinski definition) is 0. The quantitative estimate of drug-likeness (QED) is 0.0198. The number of ether oxygens (including phenoxy) is 2. The largest absolute Gasteiger partial charge is 0.756 e. The standard InChI is InChI=1S/C50H94NO7P/c1-6-8-10-12-14-16-18-20-22-23-24-25-26-27-28-30-32-34-36-38-40-42-45-55-47-49(48-57-59(53,54)56-46-44-51(3,4)5)58-50(52)43-41-39-37-35-33-31-29-21-19-17-15-13-11-9-7-2/h15,17-18,20-21,23-24,29,49H,6-14,16,19,22,25-28,30-48H2,1-5H3/b17-15-,20-18-,24-23-,29-21-. The molecule has 0 aliphatic heterocycles. The fraction of sp³-hybridized carbons (Fsp3) is 0.820. The maximum Gasteiger partial charge on any atom is 0.306 e. The number of carbonyl (C=O) groups is 1. The Balaban J connectivity index is 4.17. The predicted molar refractivity (Wildman–Crippen MR) is 250 cm³/mol. The van der Waals surface area contributed by atoms with E-state index in [0.717, 1.165) is 64.2 Å². The van der Waals surface area contributed by atoms with Gasteiger partial charge in [-0.3, -0.25) is 9.36 Å². The van der Waals surface area contributed by atoms with Gasteiger partial charge < -0.3 is 27.9 Å². The predicted octanol–water partition coefficient (Wildman–Crippen LogP) is 14.1. The van der Waals surface area contributed by atoms with Crippen molar-refractivity contribution >= 4 is 13.8 Å². The average Bonchev–Trinajstić information content (AvgIpc) is 3.19. The van der Waals surface area contributed by atoms with Gasteiger partial charge in [0, 0.05) is 13.0 Å². The lowest BCUT2D eigenvalue weighted by Crippen LogP contribution is -2.37. The Labute approximate surface area is 365 Å². The minimum Gasteiger partial charge on any atom is -0.756 e. The lowest BCUT2D eigenvalue weighted by Gasteiger charge is -2.28. The van der Waals surface area contributed by atoms with Crippen molar-refractivity contribution in [1.29, 1.82) is 0 Å². The van der Waals surface area contributed by atoms with Crippen LogP contribution < -0.4 is 4.89 Å². The molecule has 0 N–H and O–H groups in total. The number of likely N-dealkylation sites (N-methyl/N-ethyl adjacent to an activating group) is 1. The number of quaternary nitrogens is 1. The molecule has 0 saturated heterocycles. The summed E-state index contributed by atoms with van der Waals surface area (Å²) in [7, 11) is 1.34. The SMILES string of the molecule is CCCCC/C=C\C/C=C\CCCCCCCC(=O)OC(COCCCCCCCCCCCC/C=C\C/C=C\CCCCCCC)COP(=O)([O-])OCC[N+](C)(C)C. The van der Waals surface area contributed by atoms with Crippen molar-refractivity contribution in [3.05, 3.63) is 48.6 Å². The number of hydrogen-bond acceptors (Lipinski definition) is 7. The zero-order valence-corrected chi connectivity index (χ0v) is 40.1. The Bertz CT molecular complexity index is 1080. The van der Waals surface area contributed by atoms with Crippen LogP contribution in [0.3, 0.4) is 0 Å². The minimum absolute atomic E-state index is 0.0215. The van der Waals surface area contributed by atoms with Crippen LogP contribution in [-0.2, 0) is 27.9 Å². The van der Waals surface area contributed by atoms with Crippen LogP contribution in [0.4, 0.5) is 0 Å². The molecule has 0 aromatic carbocycles. The molecule has 346 valence electrons. The first-order valence-electron chi connectivity index (χ1n) is 24.4. The third kappa shape index (κ3) is 47.4. The van der Waals surface area contributed by atoms with Gasteiger partial charge in [0.2, 0.25) is 0 Å². The van der Waals surface area contributed by atoms with E-state index in [4.69, 9.17) is 18.5 Å². The molecular formula is C50H94NO7P. The Morgan fingerprint density at radius 2 is 0.932 bits per heavy atom. The van der Waals surface area contributed by atoms with Gasteiger partial charge in [0.1, 0.15) is 19.3 Å². The van der Waals surface area contributed by atoms with Crippen LogP contribution >= 0.6 is 7.82 Å². The van der Waals surface area contributed by atoms with E-state index in [1.165, 1.54) is 122 Å². The zero-order chi connectivity index (χ0) is 43.4. The van der Waals surface area contributed by atoms with Gasteiger partial charge in [-0.2, -0.15) is 0 Å². The summed E-state index contributed by atoms with van der Waals surface area (Å²) >= 11 is 0. The number of unbranched alkanes of at least 4 members (excludes halogenated alkanes) is 23. The van der Waals surface area contributed by atoms with Crippen LogP contribution in [0.5, 0.6) is 0 Å². The fourth-order valence-corrected chi connectivity index (χ4v) is 7.28. The van der Waals surface area contributed by atoms with E-state index < -0.39 is 13.9 Å². The topological polar surface area (TPSA) is 94.1 Å². The lowest BCUT2D eigenvalue weighted by atomic mass is 10.1. The van der Waals surface area contributed by atoms with Crippen LogP contribution in [0, 0.1) is 0 Å². The summed E-state index contributed by atoms with van der Waals surface area (Å²) in [6.07, 6.45) is 52.7. The van der Waals surface area contributed by atoms with Crippen LogP contribution in [-0.4, -0.2) is 70.7 Å². The van der Waals surface area contributed by atoms with Gasteiger partial charge in [-0.1, -0.05) is 172 Å². The number of phosphoric acid groups is 1. The summed E-state index contributed by atoms with van der Waals surface area (Å²) in [4.78, 5) is 25.1. The van der Waals surface area contributed by atoms with Gasteiger partial charge in [0.05, 0.1) is 34.4 Å². The summed E-state index contributed by atoms with van der Waals surface area (Å²) in [5, 5.41) is 0. The monoisotopic (exact) mass is 852 g/mol. The lowest BCUT2D eigenvalue weighted by molar-refractivity contribution is -0.870. The highest BCUT2D eigenvalue weighted by Gasteiger charge is 2.20. The molecule has 0 aromatic heterocycles. The van der Waals surface area contributed by atoms with Crippen LogP contribution in [0.1, 0.15) is 206 Å².